The second kappa shape index (κ2) is 3.43. The van der Waals surface area contributed by atoms with Crippen LogP contribution in [0.2, 0.25) is 0 Å². The Kier molecular flexibility index (Phi) is 2.28. The predicted molar refractivity (Wildman–Crippen MR) is 52.0 cm³/mol. The third kappa shape index (κ3) is 1.57. The van der Waals surface area contributed by atoms with Crippen LogP contribution in [-0.2, 0) is 0 Å². The summed E-state index contributed by atoms with van der Waals surface area (Å²) in [7, 11) is 0. The second-order valence-corrected chi connectivity index (χ2v) is 4.45. The van der Waals surface area contributed by atoms with Gasteiger partial charge < -0.3 is 4.42 Å². The van der Waals surface area contributed by atoms with Crippen LogP contribution in [0.1, 0.15) is 16.2 Å². The smallest absolute Gasteiger partial charge is 0.248 e. The van der Waals surface area contributed by atoms with Gasteiger partial charge in [-0.3, -0.25) is 4.79 Å². The van der Waals surface area contributed by atoms with Crippen molar-refractivity contribution in [1.82, 2.24) is 4.98 Å². The Morgan fingerprint density at radius 3 is 3.00 bits per heavy atom. The number of hydrogen-bond donors (Lipinski definition) is 0. The van der Waals surface area contributed by atoms with Crippen LogP contribution >= 0.6 is 27.3 Å². The molecule has 0 aliphatic heterocycles. The topological polar surface area (TPSA) is 43.1 Å². The van der Waals surface area contributed by atoms with Gasteiger partial charge in [-0.2, -0.15) is 0 Å². The number of nitrogens with zero attached hydrogens (tertiary/aromatic N) is 1. The molecule has 3 nitrogen and oxygen atoms in total. The summed E-state index contributed by atoms with van der Waals surface area (Å²) in [5, 5.41) is 0. The summed E-state index contributed by atoms with van der Waals surface area (Å²) in [5.41, 5.74) is 2.01. The summed E-state index contributed by atoms with van der Waals surface area (Å²) < 4.78 is 5.70. The summed E-state index contributed by atoms with van der Waals surface area (Å²) in [6, 6.07) is 3.29. The van der Waals surface area contributed by atoms with Crippen LogP contribution < -0.4 is 0 Å². The quantitative estimate of drug-likeness (QED) is 0.778. The molecule has 2 heterocycles. The fourth-order valence-corrected chi connectivity index (χ4v) is 1.95. The molecule has 13 heavy (non-hydrogen) atoms. The zero-order chi connectivity index (χ0) is 9.26. The molecule has 0 unspecified atom stereocenters. The Morgan fingerprint density at radius 2 is 2.46 bits per heavy atom. The van der Waals surface area contributed by atoms with E-state index >= 15 is 0 Å². The number of aromatic nitrogens is 1. The molecule has 0 aromatic carbocycles. The van der Waals surface area contributed by atoms with Crippen molar-refractivity contribution in [2.75, 3.05) is 0 Å². The normalized spacial score (nSPS) is 10.2. The Labute approximate surface area is 86.5 Å². The lowest BCUT2D eigenvalue weighted by Gasteiger charge is -1.91. The molecule has 0 aliphatic rings. The first kappa shape index (κ1) is 8.65. The molecule has 2 aromatic heterocycles. The lowest BCUT2D eigenvalue weighted by Crippen LogP contribution is -2.00. The maximum Gasteiger partial charge on any atom is 0.248 e. The molecule has 0 bridgehead atoms. The van der Waals surface area contributed by atoms with Gasteiger partial charge in [0.25, 0.3) is 0 Å². The van der Waals surface area contributed by atoms with Crippen molar-refractivity contribution >= 4 is 33.0 Å². The van der Waals surface area contributed by atoms with E-state index in [1.165, 1.54) is 17.6 Å². The van der Waals surface area contributed by atoms with Crippen LogP contribution in [0.4, 0.5) is 0 Å². The molecule has 0 atom stereocenters. The van der Waals surface area contributed by atoms with E-state index in [1.54, 1.807) is 17.6 Å². The van der Waals surface area contributed by atoms with E-state index in [1.807, 2.05) is 0 Å². The number of ketones is 1. The van der Waals surface area contributed by atoms with Crippen molar-refractivity contribution in [3.63, 3.8) is 0 Å². The number of carbonyl (C=O) groups excluding carboxylic acids is 1. The van der Waals surface area contributed by atoms with E-state index in [-0.39, 0.29) is 5.78 Å². The highest BCUT2D eigenvalue weighted by molar-refractivity contribution is 9.11. The highest BCUT2D eigenvalue weighted by Gasteiger charge is 2.17. The Bertz CT molecular complexity index is 421. The number of rotatable bonds is 2. The first-order chi connectivity index (χ1) is 6.29. The number of thiazole rings is 1. The van der Waals surface area contributed by atoms with Crippen molar-refractivity contribution in [1.29, 1.82) is 0 Å². The van der Waals surface area contributed by atoms with Gasteiger partial charge in [0.15, 0.2) is 5.76 Å². The van der Waals surface area contributed by atoms with E-state index in [4.69, 9.17) is 4.42 Å². The Balaban J connectivity index is 2.39. The Hall–Kier alpha value is -0.940. The summed E-state index contributed by atoms with van der Waals surface area (Å²) in [6.45, 7) is 0. The van der Waals surface area contributed by atoms with Crippen molar-refractivity contribution in [3.8, 4) is 0 Å². The second-order valence-electron chi connectivity index (χ2n) is 2.28. The van der Waals surface area contributed by atoms with E-state index in [9.17, 15) is 4.79 Å². The number of hydrogen-bond acceptors (Lipinski definition) is 4. The first-order valence-corrected chi connectivity index (χ1v) is 5.13. The molecule has 5 heteroatoms. The first-order valence-electron chi connectivity index (χ1n) is 3.46. The lowest BCUT2D eigenvalue weighted by atomic mass is 10.2. The molecular weight excluding hydrogens is 254 g/mol. The minimum Gasteiger partial charge on any atom is -0.461 e. The monoisotopic (exact) mass is 257 g/mol. The molecule has 0 amide bonds. The number of carbonyl (C=O) groups is 1. The standard InChI is InChI=1S/C8H4BrNO2S/c9-8-6(10-4-13-8)7(11)5-2-1-3-12-5/h1-4H. The van der Waals surface area contributed by atoms with Gasteiger partial charge in [-0.25, -0.2) is 4.98 Å². The van der Waals surface area contributed by atoms with Crippen LogP contribution in [0.5, 0.6) is 0 Å². The predicted octanol–water partition coefficient (Wildman–Crippen LogP) is 2.73. The number of halogens is 1. The van der Waals surface area contributed by atoms with Crippen LogP contribution in [-0.4, -0.2) is 10.8 Å². The third-order valence-corrected chi connectivity index (χ3v) is 3.03. The van der Waals surface area contributed by atoms with Crippen molar-refractivity contribution in [3.05, 3.63) is 39.1 Å². The molecule has 0 fully saturated rings. The molecule has 0 saturated heterocycles. The highest BCUT2D eigenvalue weighted by atomic mass is 79.9. The molecule has 0 saturated carbocycles. The van der Waals surface area contributed by atoms with Gasteiger partial charge in [0, 0.05) is 0 Å². The molecule has 0 N–H and O–H groups in total. The summed E-state index contributed by atoms with van der Waals surface area (Å²) >= 11 is 4.62. The Morgan fingerprint density at radius 1 is 1.62 bits per heavy atom. The minimum absolute atomic E-state index is 0.196. The fraction of sp³-hybridized carbons (Fsp3) is 0. The van der Waals surface area contributed by atoms with Gasteiger partial charge in [-0.15, -0.1) is 11.3 Å². The molecule has 2 rings (SSSR count). The van der Waals surface area contributed by atoms with E-state index in [0.29, 0.717) is 11.5 Å². The van der Waals surface area contributed by atoms with Gasteiger partial charge >= 0.3 is 0 Å². The summed E-state index contributed by atoms with van der Waals surface area (Å²) in [6.07, 6.45) is 1.47. The van der Waals surface area contributed by atoms with E-state index in [0.717, 1.165) is 3.79 Å². The minimum atomic E-state index is -0.196. The maximum atomic E-state index is 11.6. The zero-order valence-corrected chi connectivity index (χ0v) is 8.76. The van der Waals surface area contributed by atoms with Crippen molar-refractivity contribution < 1.29 is 9.21 Å². The maximum absolute atomic E-state index is 11.6. The number of furan rings is 1. The largest absolute Gasteiger partial charge is 0.461 e. The molecule has 0 spiro atoms. The van der Waals surface area contributed by atoms with Crippen LogP contribution in [0.3, 0.4) is 0 Å². The molecule has 0 aliphatic carbocycles. The van der Waals surface area contributed by atoms with Gasteiger partial charge in [-0.1, -0.05) is 0 Å². The van der Waals surface area contributed by atoms with Gasteiger partial charge in [0.1, 0.15) is 9.48 Å². The lowest BCUT2D eigenvalue weighted by molar-refractivity contribution is 0.100. The summed E-state index contributed by atoms with van der Waals surface area (Å²) in [4.78, 5) is 15.5. The van der Waals surface area contributed by atoms with E-state index in [2.05, 4.69) is 20.9 Å². The van der Waals surface area contributed by atoms with Gasteiger partial charge in [0.05, 0.1) is 11.8 Å². The molecular formula is C8H4BrNO2S. The van der Waals surface area contributed by atoms with Crippen molar-refractivity contribution in [2.24, 2.45) is 0 Å². The SMILES string of the molecule is O=C(c1ccco1)c1ncsc1Br. The average molecular weight is 258 g/mol. The van der Waals surface area contributed by atoms with Gasteiger partial charge in [0.2, 0.25) is 5.78 Å². The zero-order valence-electron chi connectivity index (χ0n) is 6.36. The fourth-order valence-electron chi connectivity index (χ4n) is 0.904. The van der Waals surface area contributed by atoms with E-state index < -0.39 is 0 Å². The van der Waals surface area contributed by atoms with Crippen LogP contribution in [0, 0.1) is 0 Å². The molecule has 0 radical (unpaired) electrons. The summed E-state index contributed by atoms with van der Waals surface area (Å²) in [5.74, 6) is 0.115. The third-order valence-electron chi connectivity index (χ3n) is 1.48. The van der Waals surface area contributed by atoms with Crippen molar-refractivity contribution in [2.45, 2.75) is 0 Å². The molecule has 2 aromatic rings. The molecule has 66 valence electrons. The highest BCUT2D eigenvalue weighted by Crippen LogP contribution is 2.23. The average Bonchev–Trinajstić information content (AvgIpc) is 2.72. The van der Waals surface area contributed by atoms with Crippen LogP contribution in [0.15, 0.2) is 32.1 Å². The van der Waals surface area contributed by atoms with Gasteiger partial charge in [-0.05, 0) is 28.1 Å². The van der Waals surface area contributed by atoms with Crippen LogP contribution in [0.25, 0.3) is 0 Å².